The molecule has 0 spiro atoms. The molecule has 1 aliphatic rings. The largest absolute Gasteiger partial charge is 0.490 e. The number of carbonyl (C=O) groups excluding carboxylic acids is 2. The van der Waals surface area contributed by atoms with Crippen LogP contribution in [0.2, 0.25) is 0 Å². The van der Waals surface area contributed by atoms with E-state index in [2.05, 4.69) is 11.4 Å². The highest BCUT2D eigenvalue weighted by atomic mass is 32.2. The van der Waals surface area contributed by atoms with Crippen LogP contribution in [-0.2, 0) is 11.4 Å². The molecule has 5 rings (SSSR count). The number of rotatable bonds is 9. The fraction of sp³-hybridized carbons (Fsp3) is 0.0909. The van der Waals surface area contributed by atoms with E-state index in [0.717, 1.165) is 17.3 Å². The summed E-state index contributed by atoms with van der Waals surface area (Å²) in [5.41, 5.74) is 3.22. The molecular formula is C33H24FN3O4S2. The minimum atomic E-state index is -0.406. The smallest absolute Gasteiger partial charge is 0.270 e. The number of anilines is 2. The van der Waals surface area contributed by atoms with Crippen molar-refractivity contribution in [3.63, 3.8) is 0 Å². The molecule has 4 aromatic carbocycles. The SMILES string of the molecule is CCOc1cc(/C=C2/SC(=S)N(c3cccc(C(=O)Nc4ccc(F)cc4)c3)C2=O)ccc1OCc1ccccc1C#N. The predicted octanol–water partition coefficient (Wildman–Crippen LogP) is 7.33. The Balaban J connectivity index is 1.33. The van der Waals surface area contributed by atoms with E-state index in [1.165, 1.54) is 29.2 Å². The van der Waals surface area contributed by atoms with Crippen LogP contribution >= 0.6 is 24.0 Å². The molecule has 0 bridgehead atoms. The Morgan fingerprint density at radius 1 is 1.02 bits per heavy atom. The molecular weight excluding hydrogens is 586 g/mol. The Morgan fingerprint density at radius 2 is 1.81 bits per heavy atom. The number of nitrogens with zero attached hydrogens (tertiary/aromatic N) is 2. The molecule has 214 valence electrons. The van der Waals surface area contributed by atoms with Crippen LogP contribution < -0.4 is 19.7 Å². The number of hydrogen-bond donors (Lipinski definition) is 1. The summed E-state index contributed by atoms with van der Waals surface area (Å²) in [7, 11) is 0. The molecule has 1 heterocycles. The minimum Gasteiger partial charge on any atom is -0.490 e. The van der Waals surface area contributed by atoms with Crippen LogP contribution in [0.4, 0.5) is 15.8 Å². The zero-order chi connectivity index (χ0) is 30.3. The van der Waals surface area contributed by atoms with Crippen LogP contribution in [0.25, 0.3) is 6.08 Å². The van der Waals surface area contributed by atoms with Gasteiger partial charge in [0.15, 0.2) is 15.8 Å². The van der Waals surface area contributed by atoms with Gasteiger partial charge in [-0.3, -0.25) is 14.5 Å². The molecule has 10 heteroatoms. The maximum atomic E-state index is 13.5. The molecule has 1 saturated heterocycles. The maximum absolute atomic E-state index is 13.5. The average molecular weight is 610 g/mol. The van der Waals surface area contributed by atoms with Gasteiger partial charge < -0.3 is 14.8 Å². The lowest BCUT2D eigenvalue weighted by atomic mass is 10.1. The van der Waals surface area contributed by atoms with E-state index in [9.17, 15) is 19.2 Å². The van der Waals surface area contributed by atoms with Crippen LogP contribution in [0.5, 0.6) is 11.5 Å². The third-order valence-electron chi connectivity index (χ3n) is 6.35. The van der Waals surface area contributed by atoms with Crippen molar-refractivity contribution in [2.75, 3.05) is 16.8 Å². The summed E-state index contributed by atoms with van der Waals surface area (Å²) in [6.07, 6.45) is 1.72. The van der Waals surface area contributed by atoms with Crippen molar-refractivity contribution in [1.29, 1.82) is 5.26 Å². The van der Waals surface area contributed by atoms with Gasteiger partial charge in [-0.15, -0.1) is 0 Å². The standard InChI is InChI=1S/C33H24FN3O4S2/c1-2-40-29-16-21(10-15-28(29)41-20-24-7-4-3-6-23(24)19-35)17-30-32(39)37(33(42)43-30)27-9-5-8-22(18-27)31(38)36-26-13-11-25(34)12-14-26/h3-18H,2,20H2,1H3,(H,36,38)/b30-17+. The first-order chi connectivity index (χ1) is 20.9. The van der Waals surface area contributed by atoms with Gasteiger partial charge >= 0.3 is 0 Å². The van der Waals surface area contributed by atoms with Crippen molar-refractivity contribution in [2.45, 2.75) is 13.5 Å². The molecule has 43 heavy (non-hydrogen) atoms. The molecule has 1 aliphatic heterocycles. The van der Waals surface area contributed by atoms with Crippen LogP contribution in [0.3, 0.4) is 0 Å². The van der Waals surface area contributed by atoms with E-state index in [0.29, 0.717) is 55.4 Å². The molecule has 0 aromatic heterocycles. The lowest BCUT2D eigenvalue weighted by molar-refractivity contribution is -0.113. The van der Waals surface area contributed by atoms with Gasteiger partial charge in [0.2, 0.25) is 0 Å². The molecule has 1 N–H and O–H groups in total. The Hall–Kier alpha value is -4.98. The van der Waals surface area contributed by atoms with Crippen molar-refractivity contribution in [3.8, 4) is 17.6 Å². The highest BCUT2D eigenvalue weighted by Gasteiger charge is 2.33. The Labute approximate surface area is 257 Å². The van der Waals surface area contributed by atoms with E-state index < -0.39 is 11.7 Å². The van der Waals surface area contributed by atoms with Gasteiger partial charge in [0, 0.05) is 16.8 Å². The molecule has 0 unspecified atom stereocenters. The number of nitrogens with one attached hydrogen (secondary N) is 1. The molecule has 2 amide bonds. The summed E-state index contributed by atoms with van der Waals surface area (Å²) >= 11 is 6.69. The number of amides is 2. The number of nitriles is 1. The number of halogens is 1. The first kappa shape index (κ1) is 29.5. The zero-order valence-corrected chi connectivity index (χ0v) is 24.5. The van der Waals surface area contributed by atoms with Crippen LogP contribution in [0.1, 0.15) is 34.0 Å². The second-order valence-electron chi connectivity index (χ2n) is 9.23. The Bertz CT molecular complexity index is 1780. The average Bonchev–Trinajstić information content (AvgIpc) is 3.30. The second-order valence-corrected chi connectivity index (χ2v) is 10.9. The van der Waals surface area contributed by atoms with Gasteiger partial charge in [0.05, 0.1) is 28.8 Å². The van der Waals surface area contributed by atoms with Crippen LogP contribution in [0, 0.1) is 17.1 Å². The summed E-state index contributed by atoms with van der Waals surface area (Å²) in [5.74, 6) is -0.121. The molecule has 4 aromatic rings. The lowest BCUT2D eigenvalue weighted by Gasteiger charge is -2.15. The molecule has 7 nitrogen and oxygen atoms in total. The van der Waals surface area contributed by atoms with Crippen LogP contribution in [0.15, 0.2) is 95.9 Å². The normalized spacial score (nSPS) is 13.6. The van der Waals surface area contributed by atoms with Gasteiger partial charge in [0.25, 0.3) is 11.8 Å². The van der Waals surface area contributed by atoms with Gasteiger partial charge in [-0.2, -0.15) is 5.26 Å². The van der Waals surface area contributed by atoms with Crippen molar-refractivity contribution < 1.29 is 23.5 Å². The maximum Gasteiger partial charge on any atom is 0.270 e. The lowest BCUT2D eigenvalue weighted by Crippen LogP contribution is -2.27. The number of benzene rings is 4. The molecule has 0 aliphatic carbocycles. The predicted molar refractivity (Wildman–Crippen MR) is 170 cm³/mol. The van der Waals surface area contributed by atoms with E-state index in [-0.39, 0.29) is 12.5 Å². The van der Waals surface area contributed by atoms with E-state index in [1.54, 1.807) is 60.7 Å². The second kappa shape index (κ2) is 13.3. The van der Waals surface area contributed by atoms with Crippen molar-refractivity contribution in [1.82, 2.24) is 0 Å². The first-order valence-corrected chi connectivity index (χ1v) is 14.4. The number of thioether (sulfide) groups is 1. The molecule has 0 radical (unpaired) electrons. The minimum absolute atomic E-state index is 0.197. The van der Waals surface area contributed by atoms with Gasteiger partial charge in [0.1, 0.15) is 12.4 Å². The third kappa shape index (κ3) is 6.92. The molecule has 0 atom stereocenters. The van der Waals surface area contributed by atoms with Gasteiger partial charge in [-0.25, -0.2) is 4.39 Å². The fourth-order valence-corrected chi connectivity index (χ4v) is 5.58. The van der Waals surface area contributed by atoms with Gasteiger partial charge in [-0.05, 0) is 79.2 Å². The molecule has 0 saturated carbocycles. The summed E-state index contributed by atoms with van der Waals surface area (Å²) < 4.78 is 25.3. The highest BCUT2D eigenvalue weighted by Crippen LogP contribution is 2.38. The van der Waals surface area contributed by atoms with E-state index >= 15 is 0 Å². The van der Waals surface area contributed by atoms with Crippen molar-refractivity contribution >= 4 is 57.6 Å². The van der Waals surface area contributed by atoms with E-state index in [1.807, 2.05) is 19.1 Å². The number of carbonyl (C=O) groups is 2. The topological polar surface area (TPSA) is 91.7 Å². The molecule has 1 fully saturated rings. The highest BCUT2D eigenvalue weighted by molar-refractivity contribution is 8.27. The number of ether oxygens (including phenoxy) is 2. The Kier molecular flexibility index (Phi) is 9.15. The Morgan fingerprint density at radius 3 is 2.58 bits per heavy atom. The quantitative estimate of drug-likeness (QED) is 0.157. The number of thiocarbonyl (C=S) groups is 1. The number of hydrogen-bond acceptors (Lipinski definition) is 7. The van der Waals surface area contributed by atoms with Crippen molar-refractivity contribution in [3.05, 3.63) is 124 Å². The fourth-order valence-electron chi connectivity index (χ4n) is 4.28. The summed E-state index contributed by atoms with van der Waals surface area (Å²) in [4.78, 5) is 28.1. The summed E-state index contributed by atoms with van der Waals surface area (Å²) in [6.45, 7) is 2.46. The third-order valence-corrected chi connectivity index (χ3v) is 7.65. The van der Waals surface area contributed by atoms with Gasteiger partial charge in [-0.1, -0.05) is 54.3 Å². The van der Waals surface area contributed by atoms with E-state index in [4.69, 9.17) is 21.7 Å². The monoisotopic (exact) mass is 609 g/mol. The van der Waals surface area contributed by atoms with Crippen LogP contribution in [-0.4, -0.2) is 22.7 Å². The van der Waals surface area contributed by atoms with Crippen molar-refractivity contribution in [2.24, 2.45) is 0 Å². The summed E-state index contributed by atoms with van der Waals surface area (Å²) in [6, 6.07) is 26.7. The summed E-state index contributed by atoms with van der Waals surface area (Å²) in [5, 5.41) is 12.1. The zero-order valence-electron chi connectivity index (χ0n) is 22.9. The first-order valence-electron chi connectivity index (χ1n) is 13.2.